The maximum absolute atomic E-state index is 12.5. The SMILES string of the molecule is O=C(c1ccccc1)C1(O)CCN(Cc2ccccc2)CC1. The predicted molar refractivity (Wildman–Crippen MR) is 86.7 cm³/mol. The quantitative estimate of drug-likeness (QED) is 0.882. The van der Waals surface area contributed by atoms with E-state index in [2.05, 4.69) is 17.0 Å². The van der Waals surface area contributed by atoms with Gasteiger partial charge < -0.3 is 5.11 Å². The van der Waals surface area contributed by atoms with Crippen LogP contribution in [0.5, 0.6) is 0 Å². The van der Waals surface area contributed by atoms with Crippen LogP contribution in [0.1, 0.15) is 28.8 Å². The monoisotopic (exact) mass is 295 g/mol. The highest BCUT2D eigenvalue weighted by molar-refractivity contribution is 6.02. The lowest BCUT2D eigenvalue weighted by molar-refractivity contribution is -0.00779. The molecule has 1 fully saturated rings. The number of hydrogen-bond donors (Lipinski definition) is 1. The van der Waals surface area contributed by atoms with Crippen LogP contribution in [-0.4, -0.2) is 34.5 Å². The predicted octanol–water partition coefficient (Wildman–Crippen LogP) is 2.90. The first-order valence-corrected chi connectivity index (χ1v) is 7.76. The fourth-order valence-electron chi connectivity index (χ4n) is 3.01. The third kappa shape index (κ3) is 3.26. The van der Waals surface area contributed by atoms with E-state index >= 15 is 0 Å². The molecule has 0 radical (unpaired) electrons. The third-order valence-electron chi connectivity index (χ3n) is 4.39. The van der Waals surface area contributed by atoms with Gasteiger partial charge in [-0.05, 0) is 18.4 Å². The third-order valence-corrected chi connectivity index (χ3v) is 4.39. The number of hydrogen-bond acceptors (Lipinski definition) is 3. The summed E-state index contributed by atoms with van der Waals surface area (Å²) in [6.45, 7) is 2.35. The second kappa shape index (κ2) is 6.42. The first-order valence-electron chi connectivity index (χ1n) is 7.76. The first-order chi connectivity index (χ1) is 10.7. The summed E-state index contributed by atoms with van der Waals surface area (Å²) >= 11 is 0. The van der Waals surface area contributed by atoms with Crippen molar-refractivity contribution in [2.45, 2.75) is 25.0 Å². The first kappa shape index (κ1) is 14.9. The second-order valence-corrected chi connectivity index (χ2v) is 5.99. The molecule has 0 aliphatic carbocycles. The van der Waals surface area contributed by atoms with E-state index in [1.807, 2.05) is 36.4 Å². The lowest BCUT2D eigenvalue weighted by Crippen LogP contribution is -2.49. The number of carbonyl (C=O) groups is 1. The van der Waals surface area contributed by atoms with Crippen molar-refractivity contribution in [1.29, 1.82) is 0 Å². The molecular formula is C19H21NO2. The van der Waals surface area contributed by atoms with Crippen molar-refractivity contribution in [2.24, 2.45) is 0 Å². The minimum atomic E-state index is -1.21. The van der Waals surface area contributed by atoms with Gasteiger partial charge in [0.25, 0.3) is 0 Å². The van der Waals surface area contributed by atoms with Gasteiger partial charge in [0, 0.05) is 25.2 Å². The van der Waals surface area contributed by atoms with Crippen LogP contribution in [0, 0.1) is 0 Å². The molecule has 0 unspecified atom stereocenters. The topological polar surface area (TPSA) is 40.5 Å². The fourth-order valence-corrected chi connectivity index (χ4v) is 3.01. The van der Waals surface area contributed by atoms with Crippen molar-refractivity contribution in [3.63, 3.8) is 0 Å². The van der Waals surface area contributed by atoms with Gasteiger partial charge in [-0.1, -0.05) is 60.7 Å². The zero-order chi connectivity index (χ0) is 15.4. The molecule has 3 nitrogen and oxygen atoms in total. The number of aliphatic hydroxyl groups is 1. The Kier molecular flexibility index (Phi) is 4.36. The van der Waals surface area contributed by atoms with E-state index in [0.29, 0.717) is 18.4 Å². The van der Waals surface area contributed by atoms with E-state index in [4.69, 9.17) is 0 Å². The Morgan fingerprint density at radius 2 is 1.50 bits per heavy atom. The molecule has 1 N–H and O–H groups in total. The van der Waals surface area contributed by atoms with E-state index in [0.717, 1.165) is 19.6 Å². The van der Waals surface area contributed by atoms with Crippen molar-refractivity contribution >= 4 is 5.78 Å². The van der Waals surface area contributed by atoms with Gasteiger partial charge >= 0.3 is 0 Å². The number of benzene rings is 2. The lowest BCUT2D eigenvalue weighted by Gasteiger charge is -2.37. The Labute approximate surface area is 131 Å². The molecule has 0 amide bonds. The second-order valence-electron chi connectivity index (χ2n) is 5.99. The standard InChI is InChI=1S/C19H21NO2/c21-18(17-9-5-2-6-10-17)19(22)11-13-20(14-12-19)15-16-7-3-1-4-8-16/h1-10,22H,11-15H2. The molecule has 1 saturated heterocycles. The van der Waals surface area contributed by atoms with Gasteiger partial charge in [0.2, 0.25) is 0 Å². The van der Waals surface area contributed by atoms with Crippen LogP contribution in [0.25, 0.3) is 0 Å². The number of likely N-dealkylation sites (tertiary alicyclic amines) is 1. The zero-order valence-electron chi connectivity index (χ0n) is 12.6. The highest BCUT2D eigenvalue weighted by atomic mass is 16.3. The van der Waals surface area contributed by atoms with Crippen LogP contribution in [0.15, 0.2) is 60.7 Å². The molecule has 0 aromatic heterocycles. The highest BCUT2D eigenvalue weighted by Gasteiger charge is 2.39. The molecule has 2 aromatic carbocycles. The molecule has 114 valence electrons. The summed E-state index contributed by atoms with van der Waals surface area (Å²) in [4.78, 5) is 14.8. The maximum atomic E-state index is 12.5. The Bertz CT molecular complexity index is 616. The van der Waals surface area contributed by atoms with Crippen LogP contribution >= 0.6 is 0 Å². The van der Waals surface area contributed by atoms with Crippen molar-refractivity contribution in [2.75, 3.05) is 13.1 Å². The minimum Gasteiger partial charge on any atom is -0.382 e. The van der Waals surface area contributed by atoms with Crippen molar-refractivity contribution in [1.82, 2.24) is 4.90 Å². The summed E-state index contributed by atoms with van der Waals surface area (Å²) in [5.41, 5.74) is 0.651. The van der Waals surface area contributed by atoms with Gasteiger partial charge in [0.15, 0.2) is 5.78 Å². The maximum Gasteiger partial charge on any atom is 0.194 e. The molecule has 1 aliphatic heterocycles. The smallest absolute Gasteiger partial charge is 0.194 e. The van der Waals surface area contributed by atoms with Crippen LogP contribution in [0.2, 0.25) is 0 Å². The van der Waals surface area contributed by atoms with Crippen LogP contribution in [0.4, 0.5) is 0 Å². The van der Waals surface area contributed by atoms with Gasteiger partial charge in [-0.25, -0.2) is 0 Å². The zero-order valence-corrected chi connectivity index (χ0v) is 12.6. The average molecular weight is 295 g/mol. The number of ketones is 1. The summed E-state index contributed by atoms with van der Waals surface area (Å²) in [6, 6.07) is 19.4. The lowest BCUT2D eigenvalue weighted by atomic mass is 9.84. The summed E-state index contributed by atoms with van der Waals surface area (Å²) in [7, 11) is 0. The molecule has 0 bridgehead atoms. The Morgan fingerprint density at radius 1 is 0.955 bits per heavy atom. The molecule has 0 atom stereocenters. The van der Waals surface area contributed by atoms with Gasteiger partial charge in [0.05, 0.1) is 0 Å². The Hall–Kier alpha value is -1.97. The Morgan fingerprint density at radius 3 is 2.09 bits per heavy atom. The largest absolute Gasteiger partial charge is 0.382 e. The van der Waals surface area contributed by atoms with E-state index in [1.165, 1.54) is 5.56 Å². The van der Waals surface area contributed by atoms with E-state index in [1.54, 1.807) is 12.1 Å². The molecule has 3 heteroatoms. The van der Waals surface area contributed by atoms with E-state index in [-0.39, 0.29) is 5.78 Å². The van der Waals surface area contributed by atoms with Gasteiger partial charge in [-0.3, -0.25) is 9.69 Å². The number of rotatable bonds is 4. The fraction of sp³-hybridized carbons (Fsp3) is 0.316. The van der Waals surface area contributed by atoms with Gasteiger partial charge in [0.1, 0.15) is 5.60 Å². The number of carbonyl (C=O) groups excluding carboxylic acids is 1. The van der Waals surface area contributed by atoms with Crippen molar-refractivity contribution in [3.8, 4) is 0 Å². The Balaban J connectivity index is 1.62. The molecule has 22 heavy (non-hydrogen) atoms. The van der Waals surface area contributed by atoms with E-state index < -0.39 is 5.60 Å². The normalized spacial score (nSPS) is 18.0. The summed E-state index contributed by atoms with van der Waals surface area (Å²) in [5, 5.41) is 10.7. The molecule has 0 spiro atoms. The molecule has 3 rings (SSSR count). The number of piperidine rings is 1. The van der Waals surface area contributed by atoms with Gasteiger partial charge in [-0.2, -0.15) is 0 Å². The number of nitrogens with zero attached hydrogens (tertiary/aromatic N) is 1. The van der Waals surface area contributed by atoms with Crippen molar-refractivity contribution in [3.05, 3.63) is 71.8 Å². The van der Waals surface area contributed by atoms with Crippen LogP contribution < -0.4 is 0 Å². The molecule has 1 heterocycles. The molecule has 2 aromatic rings. The highest BCUT2D eigenvalue weighted by Crippen LogP contribution is 2.27. The minimum absolute atomic E-state index is 0.146. The van der Waals surface area contributed by atoms with E-state index in [9.17, 15) is 9.90 Å². The summed E-state index contributed by atoms with van der Waals surface area (Å²) < 4.78 is 0. The molecular weight excluding hydrogens is 274 g/mol. The molecule has 1 aliphatic rings. The summed E-state index contributed by atoms with van der Waals surface area (Å²) in [5.74, 6) is -0.146. The van der Waals surface area contributed by atoms with Crippen LogP contribution in [-0.2, 0) is 6.54 Å². The summed E-state index contributed by atoms with van der Waals surface area (Å²) in [6.07, 6.45) is 0.987. The molecule has 0 saturated carbocycles. The average Bonchev–Trinajstić information content (AvgIpc) is 2.58. The van der Waals surface area contributed by atoms with Crippen LogP contribution in [0.3, 0.4) is 0 Å². The van der Waals surface area contributed by atoms with Gasteiger partial charge in [-0.15, -0.1) is 0 Å². The van der Waals surface area contributed by atoms with Crippen molar-refractivity contribution < 1.29 is 9.90 Å². The number of Topliss-reactive ketones (excluding diaryl/α,β-unsaturated/α-hetero) is 1.